The van der Waals surface area contributed by atoms with Crippen molar-refractivity contribution >= 4 is 33.3 Å². The number of rotatable bonds is 7. The highest BCUT2D eigenvalue weighted by molar-refractivity contribution is 8.76. The van der Waals surface area contributed by atoms with Gasteiger partial charge in [-0.15, -0.1) is 0 Å². The molecule has 5 heteroatoms. The van der Waals surface area contributed by atoms with E-state index in [0.29, 0.717) is 6.42 Å². The van der Waals surface area contributed by atoms with Crippen molar-refractivity contribution in [3.63, 3.8) is 0 Å². The van der Waals surface area contributed by atoms with Gasteiger partial charge in [-0.2, -0.15) is 0 Å². The maximum absolute atomic E-state index is 12.2. The Kier molecular flexibility index (Phi) is 8.79. The zero-order valence-corrected chi connectivity index (χ0v) is 15.2. The van der Waals surface area contributed by atoms with E-state index in [4.69, 9.17) is 0 Å². The first-order chi connectivity index (χ1) is 9.97. The molecule has 1 aliphatic heterocycles. The van der Waals surface area contributed by atoms with E-state index in [2.05, 4.69) is 12.2 Å². The number of Topliss-reactive ketones (excluding diaryl/α,β-unsaturated/α-hetero) is 1. The van der Waals surface area contributed by atoms with E-state index >= 15 is 0 Å². The molecule has 1 rings (SSSR count). The first kappa shape index (κ1) is 18.9. The molecule has 0 radical (unpaired) electrons. The molecule has 0 aromatic rings. The van der Waals surface area contributed by atoms with E-state index in [1.807, 2.05) is 13.8 Å². The monoisotopic (exact) mass is 331 g/mol. The van der Waals surface area contributed by atoms with Crippen molar-refractivity contribution in [2.45, 2.75) is 59.3 Å². The third-order valence-electron chi connectivity index (χ3n) is 3.91. The second-order valence-corrected chi connectivity index (χ2v) is 8.97. The lowest BCUT2D eigenvalue weighted by molar-refractivity contribution is -0.132. The Balaban J connectivity index is 2.33. The van der Waals surface area contributed by atoms with Crippen molar-refractivity contribution in [2.24, 2.45) is 11.3 Å². The predicted octanol–water partition coefficient (Wildman–Crippen LogP) is 4.07. The van der Waals surface area contributed by atoms with Gasteiger partial charge in [-0.3, -0.25) is 9.59 Å². The molecular weight excluding hydrogens is 302 g/mol. The van der Waals surface area contributed by atoms with Gasteiger partial charge in [-0.1, -0.05) is 68.0 Å². The summed E-state index contributed by atoms with van der Waals surface area (Å²) in [5.41, 5.74) is -0.309. The SMILES string of the molecule is CCCCCCCNC(=O)C1CSSCC(C)(C)C(=O)C1. The molecule has 1 amide bonds. The van der Waals surface area contributed by atoms with E-state index in [0.717, 1.165) is 24.5 Å². The number of amides is 1. The fraction of sp³-hybridized carbons (Fsp3) is 0.875. The summed E-state index contributed by atoms with van der Waals surface area (Å²) < 4.78 is 0. The van der Waals surface area contributed by atoms with Crippen molar-refractivity contribution < 1.29 is 9.59 Å². The summed E-state index contributed by atoms with van der Waals surface area (Å²) in [6.07, 6.45) is 6.36. The summed E-state index contributed by atoms with van der Waals surface area (Å²) >= 11 is 0. The van der Waals surface area contributed by atoms with Crippen LogP contribution in [0, 0.1) is 11.3 Å². The Bertz CT molecular complexity index is 345. The molecule has 0 aliphatic carbocycles. The zero-order chi connectivity index (χ0) is 15.7. The van der Waals surface area contributed by atoms with Gasteiger partial charge in [0.15, 0.2) is 0 Å². The molecule has 21 heavy (non-hydrogen) atoms. The summed E-state index contributed by atoms with van der Waals surface area (Å²) in [6, 6.07) is 0. The topological polar surface area (TPSA) is 46.2 Å². The second kappa shape index (κ2) is 9.78. The minimum Gasteiger partial charge on any atom is -0.356 e. The second-order valence-electron chi connectivity index (χ2n) is 6.46. The summed E-state index contributed by atoms with van der Waals surface area (Å²) in [4.78, 5) is 24.5. The molecule has 1 atom stereocenters. The molecule has 122 valence electrons. The molecule has 1 N–H and O–H groups in total. The molecule has 0 aromatic carbocycles. The molecule has 0 bridgehead atoms. The van der Waals surface area contributed by atoms with Crippen LogP contribution in [0.2, 0.25) is 0 Å². The average Bonchev–Trinajstić information content (AvgIpc) is 2.44. The largest absolute Gasteiger partial charge is 0.356 e. The van der Waals surface area contributed by atoms with Crippen LogP contribution in [0.1, 0.15) is 59.3 Å². The molecular formula is C16H29NO2S2. The molecule has 1 unspecified atom stereocenters. The smallest absolute Gasteiger partial charge is 0.224 e. The van der Waals surface area contributed by atoms with Crippen molar-refractivity contribution in [1.29, 1.82) is 0 Å². The minimum absolute atomic E-state index is 0.0599. The van der Waals surface area contributed by atoms with Crippen LogP contribution in [0.25, 0.3) is 0 Å². The van der Waals surface area contributed by atoms with Crippen LogP contribution < -0.4 is 5.32 Å². The van der Waals surface area contributed by atoms with Gasteiger partial charge in [-0.05, 0) is 6.42 Å². The third-order valence-corrected chi connectivity index (χ3v) is 6.72. The lowest BCUT2D eigenvalue weighted by Crippen LogP contribution is -2.38. The number of unbranched alkanes of at least 4 members (excludes halogenated alkanes) is 4. The van der Waals surface area contributed by atoms with Crippen LogP contribution in [0.5, 0.6) is 0 Å². The van der Waals surface area contributed by atoms with Gasteiger partial charge in [0.2, 0.25) is 5.91 Å². The Morgan fingerprint density at radius 2 is 1.95 bits per heavy atom. The highest BCUT2D eigenvalue weighted by Crippen LogP contribution is 2.37. The molecule has 1 aliphatic rings. The van der Waals surface area contributed by atoms with Gasteiger partial charge < -0.3 is 5.32 Å². The molecule has 1 saturated heterocycles. The predicted molar refractivity (Wildman–Crippen MR) is 93.6 cm³/mol. The van der Waals surface area contributed by atoms with E-state index in [1.54, 1.807) is 21.6 Å². The van der Waals surface area contributed by atoms with Gasteiger partial charge in [0.25, 0.3) is 0 Å². The number of carbonyl (C=O) groups excluding carboxylic acids is 2. The summed E-state index contributed by atoms with van der Waals surface area (Å²) in [7, 11) is 3.44. The normalized spacial score (nSPS) is 22.4. The van der Waals surface area contributed by atoms with Gasteiger partial charge in [0, 0.05) is 29.9 Å². The average molecular weight is 332 g/mol. The lowest BCUT2D eigenvalue weighted by atomic mass is 9.85. The first-order valence-electron chi connectivity index (χ1n) is 8.03. The maximum atomic E-state index is 12.2. The maximum Gasteiger partial charge on any atom is 0.224 e. The molecule has 1 fully saturated rings. The third kappa shape index (κ3) is 7.09. The zero-order valence-electron chi connectivity index (χ0n) is 13.6. The summed E-state index contributed by atoms with van der Waals surface area (Å²) in [5, 5.41) is 3.01. The Hall–Kier alpha value is -0.160. The van der Waals surface area contributed by atoms with Gasteiger partial charge in [-0.25, -0.2) is 0 Å². The molecule has 0 spiro atoms. The fourth-order valence-corrected chi connectivity index (χ4v) is 5.20. The van der Waals surface area contributed by atoms with Gasteiger partial charge >= 0.3 is 0 Å². The van der Waals surface area contributed by atoms with E-state index in [9.17, 15) is 9.59 Å². The molecule has 0 aromatic heterocycles. The van der Waals surface area contributed by atoms with Gasteiger partial charge in [0.1, 0.15) is 5.78 Å². The van der Waals surface area contributed by atoms with Crippen LogP contribution in [0.15, 0.2) is 0 Å². The summed E-state index contributed by atoms with van der Waals surface area (Å²) in [5.74, 6) is 1.70. The van der Waals surface area contributed by atoms with Crippen molar-refractivity contribution in [2.75, 3.05) is 18.1 Å². The minimum atomic E-state index is -0.309. The highest BCUT2D eigenvalue weighted by Gasteiger charge is 2.34. The Morgan fingerprint density at radius 1 is 1.24 bits per heavy atom. The van der Waals surface area contributed by atoms with Crippen LogP contribution >= 0.6 is 21.6 Å². The fourth-order valence-electron chi connectivity index (χ4n) is 2.21. The molecule has 3 nitrogen and oxygen atoms in total. The van der Waals surface area contributed by atoms with Crippen LogP contribution in [0.4, 0.5) is 0 Å². The molecule has 0 saturated carbocycles. The quantitative estimate of drug-likeness (QED) is 0.564. The van der Waals surface area contributed by atoms with E-state index in [-0.39, 0.29) is 23.0 Å². The highest BCUT2D eigenvalue weighted by atomic mass is 33.1. The first-order valence-corrected chi connectivity index (χ1v) is 10.5. The van der Waals surface area contributed by atoms with E-state index in [1.165, 1.54) is 25.7 Å². The van der Waals surface area contributed by atoms with E-state index < -0.39 is 0 Å². The van der Waals surface area contributed by atoms with Crippen LogP contribution in [-0.4, -0.2) is 29.7 Å². The number of nitrogens with one attached hydrogen (secondary N) is 1. The number of carbonyl (C=O) groups is 2. The number of hydrogen-bond acceptors (Lipinski definition) is 4. The number of hydrogen-bond donors (Lipinski definition) is 1. The molecule has 1 heterocycles. The number of ketones is 1. The Morgan fingerprint density at radius 3 is 2.67 bits per heavy atom. The van der Waals surface area contributed by atoms with Crippen molar-refractivity contribution in [1.82, 2.24) is 5.32 Å². The lowest BCUT2D eigenvalue weighted by Gasteiger charge is -2.27. The Labute approximate surface area is 137 Å². The van der Waals surface area contributed by atoms with Crippen LogP contribution in [0.3, 0.4) is 0 Å². The van der Waals surface area contributed by atoms with Crippen molar-refractivity contribution in [3.8, 4) is 0 Å². The van der Waals surface area contributed by atoms with Crippen LogP contribution in [-0.2, 0) is 9.59 Å². The summed E-state index contributed by atoms with van der Waals surface area (Å²) in [6.45, 7) is 6.91. The van der Waals surface area contributed by atoms with Gasteiger partial charge in [0.05, 0.1) is 5.92 Å². The standard InChI is InChI=1S/C16H29NO2S2/c1-4-5-6-7-8-9-17-15(19)13-10-14(18)16(2,3)12-21-20-11-13/h13H,4-12H2,1-3H3,(H,17,19). The van der Waals surface area contributed by atoms with Crippen molar-refractivity contribution in [3.05, 3.63) is 0 Å².